The Balaban J connectivity index is 2.86. The molecule has 0 radical (unpaired) electrons. The highest BCUT2D eigenvalue weighted by Gasteiger charge is 2.17. The van der Waals surface area contributed by atoms with Crippen LogP contribution >= 0.6 is 0 Å². The van der Waals surface area contributed by atoms with Crippen molar-refractivity contribution in [2.24, 2.45) is 5.73 Å². The van der Waals surface area contributed by atoms with Gasteiger partial charge in [0.1, 0.15) is 5.82 Å². The largest absolute Gasteiger partial charge is 0.389 e. The predicted octanol–water partition coefficient (Wildman–Crippen LogP) is 0.747. The summed E-state index contributed by atoms with van der Waals surface area (Å²) in [6.07, 6.45) is 1.73. The van der Waals surface area contributed by atoms with Crippen molar-refractivity contribution >= 4 is 5.82 Å². The lowest BCUT2D eigenvalue weighted by Crippen LogP contribution is -2.37. The number of aromatic nitrogens is 1. The zero-order valence-corrected chi connectivity index (χ0v) is 9.57. The lowest BCUT2D eigenvalue weighted by atomic mass is 10.1. The normalized spacial score (nSPS) is 11.5. The van der Waals surface area contributed by atoms with Crippen molar-refractivity contribution in [2.45, 2.75) is 26.0 Å². The standard InChI is InChI=1S/C11H19N3O/c1-11(2,15)8-14(3)10-9(7-12)5-4-6-13-10/h4-6,15H,7-8,12H2,1-3H3. The fourth-order valence-corrected chi connectivity index (χ4v) is 1.59. The lowest BCUT2D eigenvalue weighted by Gasteiger charge is -2.27. The highest BCUT2D eigenvalue weighted by atomic mass is 16.3. The Morgan fingerprint density at radius 3 is 2.73 bits per heavy atom. The van der Waals surface area contributed by atoms with Crippen LogP contribution in [0, 0.1) is 0 Å². The number of rotatable bonds is 4. The SMILES string of the molecule is CN(CC(C)(C)O)c1ncccc1CN. The van der Waals surface area contributed by atoms with Crippen LogP contribution in [0.4, 0.5) is 5.82 Å². The number of nitrogens with two attached hydrogens (primary N) is 1. The third-order valence-electron chi connectivity index (χ3n) is 2.07. The maximum atomic E-state index is 9.71. The molecule has 0 bridgehead atoms. The maximum Gasteiger partial charge on any atom is 0.132 e. The number of aliphatic hydroxyl groups is 1. The van der Waals surface area contributed by atoms with Crippen LogP contribution in [-0.2, 0) is 6.54 Å². The Labute approximate surface area is 90.7 Å². The van der Waals surface area contributed by atoms with E-state index in [-0.39, 0.29) is 0 Å². The van der Waals surface area contributed by atoms with Gasteiger partial charge in [-0.05, 0) is 19.9 Å². The summed E-state index contributed by atoms with van der Waals surface area (Å²) in [4.78, 5) is 6.19. The van der Waals surface area contributed by atoms with Gasteiger partial charge in [0.25, 0.3) is 0 Å². The summed E-state index contributed by atoms with van der Waals surface area (Å²) in [7, 11) is 1.90. The fourth-order valence-electron chi connectivity index (χ4n) is 1.59. The van der Waals surface area contributed by atoms with Gasteiger partial charge in [-0.2, -0.15) is 0 Å². The van der Waals surface area contributed by atoms with Crippen LogP contribution in [0.1, 0.15) is 19.4 Å². The van der Waals surface area contributed by atoms with Gasteiger partial charge >= 0.3 is 0 Å². The molecule has 1 heterocycles. The Kier molecular flexibility index (Phi) is 3.66. The molecule has 0 spiro atoms. The third-order valence-corrected chi connectivity index (χ3v) is 2.07. The second kappa shape index (κ2) is 4.59. The summed E-state index contributed by atoms with van der Waals surface area (Å²) < 4.78 is 0. The van der Waals surface area contributed by atoms with E-state index in [1.165, 1.54) is 0 Å². The molecule has 0 aromatic carbocycles. The van der Waals surface area contributed by atoms with Crippen molar-refractivity contribution in [1.29, 1.82) is 0 Å². The van der Waals surface area contributed by atoms with Crippen molar-refractivity contribution in [3.05, 3.63) is 23.9 Å². The van der Waals surface area contributed by atoms with Crippen LogP contribution in [0.2, 0.25) is 0 Å². The Morgan fingerprint density at radius 1 is 1.53 bits per heavy atom. The number of hydrogen-bond donors (Lipinski definition) is 2. The van der Waals surface area contributed by atoms with E-state index in [0.717, 1.165) is 11.4 Å². The quantitative estimate of drug-likeness (QED) is 0.768. The molecule has 0 fully saturated rings. The lowest BCUT2D eigenvalue weighted by molar-refractivity contribution is 0.0884. The first-order valence-corrected chi connectivity index (χ1v) is 5.01. The summed E-state index contributed by atoms with van der Waals surface area (Å²) >= 11 is 0. The van der Waals surface area contributed by atoms with Gasteiger partial charge in [0.2, 0.25) is 0 Å². The fraction of sp³-hybridized carbons (Fsp3) is 0.545. The second-order valence-corrected chi connectivity index (χ2v) is 4.36. The minimum Gasteiger partial charge on any atom is -0.389 e. The van der Waals surface area contributed by atoms with E-state index in [4.69, 9.17) is 5.73 Å². The van der Waals surface area contributed by atoms with Gasteiger partial charge in [0.05, 0.1) is 5.60 Å². The van der Waals surface area contributed by atoms with E-state index < -0.39 is 5.60 Å². The third kappa shape index (κ3) is 3.49. The molecule has 1 aromatic rings. The van der Waals surface area contributed by atoms with Crippen molar-refractivity contribution in [3.63, 3.8) is 0 Å². The van der Waals surface area contributed by atoms with Crippen LogP contribution in [0.3, 0.4) is 0 Å². The molecule has 0 saturated heterocycles. The highest BCUT2D eigenvalue weighted by Crippen LogP contribution is 2.17. The molecule has 0 atom stereocenters. The molecule has 4 heteroatoms. The average Bonchev–Trinajstić information content (AvgIpc) is 2.15. The molecular weight excluding hydrogens is 190 g/mol. The number of hydrogen-bond acceptors (Lipinski definition) is 4. The number of anilines is 1. The first-order chi connectivity index (χ1) is 6.94. The molecule has 0 amide bonds. The summed E-state index contributed by atoms with van der Waals surface area (Å²) in [5.41, 5.74) is 5.88. The molecule has 3 N–H and O–H groups in total. The summed E-state index contributed by atoms with van der Waals surface area (Å²) in [6, 6.07) is 3.81. The molecule has 0 aliphatic carbocycles. The smallest absolute Gasteiger partial charge is 0.132 e. The zero-order chi connectivity index (χ0) is 11.5. The molecular formula is C11H19N3O. The molecule has 15 heavy (non-hydrogen) atoms. The summed E-state index contributed by atoms with van der Waals surface area (Å²) in [5.74, 6) is 0.835. The van der Waals surface area contributed by atoms with E-state index >= 15 is 0 Å². The first kappa shape index (κ1) is 11.9. The second-order valence-electron chi connectivity index (χ2n) is 4.36. The van der Waals surface area contributed by atoms with Crippen LogP contribution < -0.4 is 10.6 Å². The molecule has 84 valence electrons. The molecule has 4 nitrogen and oxygen atoms in total. The van der Waals surface area contributed by atoms with Crippen molar-refractivity contribution < 1.29 is 5.11 Å². The summed E-state index contributed by atoms with van der Waals surface area (Å²) in [5, 5.41) is 9.71. The Bertz CT molecular complexity index is 320. The van der Waals surface area contributed by atoms with E-state index in [1.807, 2.05) is 24.1 Å². The monoisotopic (exact) mass is 209 g/mol. The number of likely N-dealkylation sites (N-methyl/N-ethyl adjacent to an activating group) is 1. The van der Waals surface area contributed by atoms with E-state index in [0.29, 0.717) is 13.1 Å². The molecule has 1 rings (SSSR count). The van der Waals surface area contributed by atoms with Crippen LogP contribution in [0.15, 0.2) is 18.3 Å². The minimum atomic E-state index is -0.738. The van der Waals surface area contributed by atoms with Gasteiger partial charge in [-0.1, -0.05) is 6.07 Å². The van der Waals surface area contributed by atoms with Gasteiger partial charge in [0.15, 0.2) is 0 Å². The van der Waals surface area contributed by atoms with E-state index in [1.54, 1.807) is 20.0 Å². The average molecular weight is 209 g/mol. The summed E-state index contributed by atoms with van der Waals surface area (Å²) in [6.45, 7) is 4.53. The topological polar surface area (TPSA) is 62.4 Å². The van der Waals surface area contributed by atoms with Crippen LogP contribution in [0.5, 0.6) is 0 Å². The van der Waals surface area contributed by atoms with E-state index in [9.17, 15) is 5.11 Å². The van der Waals surface area contributed by atoms with Gasteiger partial charge in [-0.25, -0.2) is 4.98 Å². The van der Waals surface area contributed by atoms with Gasteiger partial charge in [0, 0.05) is 31.9 Å². The van der Waals surface area contributed by atoms with Crippen molar-refractivity contribution in [2.75, 3.05) is 18.5 Å². The molecule has 0 saturated carbocycles. The predicted molar refractivity (Wildman–Crippen MR) is 61.7 cm³/mol. The minimum absolute atomic E-state index is 0.458. The van der Waals surface area contributed by atoms with Gasteiger partial charge in [-0.15, -0.1) is 0 Å². The van der Waals surface area contributed by atoms with Crippen molar-refractivity contribution in [3.8, 4) is 0 Å². The van der Waals surface area contributed by atoms with Gasteiger partial charge in [-0.3, -0.25) is 0 Å². The first-order valence-electron chi connectivity index (χ1n) is 5.01. The van der Waals surface area contributed by atoms with Crippen LogP contribution in [-0.4, -0.2) is 29.3 Å². The van der Waals surface area contributed by atoms with Crippen molar-refractivity contribution in [1.82, 2.24) is 4.98 Å². The van der Waals surface area contributed by atoms with Gasteiger partial charge < -0.3 is 15.7 Å². The number of nitrogens with zero attached hydrogens (tertiary/aromatic N) is 2. The Morgan fingerprint density at radius 2 is 2.20 bits per heavy atom. The number of pyridine rings is 1. The molecule has 0 aliphatic rings. The molecule has 1 aromatic heterocycles. The molecule has 0 aliphatic heterocycles. The maximum absolute atomic E-state index is 9.71. The molecule has 0 unspecified atom stereocenters. The van der Waals surface area contributed by atoms with E-state index in [2.05, 4.69) is 4.98 Å². The highest BCUT2D eigenvalue weighted by molar-refractivity contribution is 5.46. The zero-order valence-electron chi connectivity index (χ0n) is 9.57. The Hall–Kier alpha value is -1.13. The van der Waals surface area contributed by atoms with Crippen LogP contribution in [0.25, 0.3) is 0 Å².